The Labute approximate surface area is 116 Å². The Morgan fingerprint density at radius 2 is 1.95 bits per heavy atom. The van der Waals surface area contributed by atoms with Gasteiger partial charge in [0.05, 0.1) is 0 Å². The monoisotopic (exact) mass is 259 g/mol. The van der Waals surface area contributed by atoms with E-state index < -0.39 is 0 Å². The van der Waals surface area contributed by atoms with Crippen molar-refractivity contribution in [2.75, 3.05) is 32.7 Å². The highest BCUT2D eigenvalue weighted by atomic mass is 15.2. The zero-order valence-electron chi connectivity index (χ0n) is 11.8. The first kappa shape index (κ1) is 13.1. The van der Waals surface area contributed by atoms with Crippen LogP contribution in [0, 0.1) is 0 Å². The van der Waals surface area contributed by atoms with Crippen molar-refractivity contribution in [1.82, 2.24) is 14.8 Å². The van der Waals surface area contributed by atoms with Crippen molar-refractivity contribution in [3.8, 4) is 0 Å². The molecule has 1 aromatic rings. The summed E-state index contributed by atoms with van der Waals surface area (Å²) >= 11 is 0. The second-order valence-electron chi connectivity index (χ2n) is 5.88. The molecule has 1 aromatic heterocycles. The van der Waals surface area contributed by atoms with E-state index in [2.05, 4.69) is 26.9 Å². The zero-order chi connectivity index (χ0) is 12.9. The van der Waals surface area contributed by atoms with Gasteiger partial charge in [0.2, 0.25) is 0 Å². The van der Waals surface area contributed by atoms with Crippen LogP contribution in [0.2, 0.25) is 0 Å². The van der Waals surface area contributed by atoms with Crippen LogP contribution in [0.25, 0.3) is 0 Å². The average molecular weight is 259 g/mol. The van der Waals surface area contributed by atoms with Gasteiger partial charge < -0.3 is 4.90 Å². The number of nitrogens with zero attached hydrogens (tertiary/aromatic N) is 3. The molecule has 104 valence electrons. The highest BCUT2D eigenvalue weighted by Gasteiger charge is 2.26. The van der Waals surface area contributed by atoms with Crippen LogP contribution in [0.4, 0.5) is 0 Å². The standard InChI is InChI=1S/C16H25N3/c1-2-9-18(10-3-1)12-13-19-11-5-7-16(19)15-6-4-8-17-14-15/h4,6,8,14,16H,1-3,5,7,9-13H2/t16-/m0/s1. The number of likely N-dealkylation sites (tertiary alicyclic amines) is 2. The van der Waals surface area contributed by atoms with E-state index in [1.807, 2.05) is 12.4 Å². The van der Waals surface area contributed by atoms with Gasteiger partial charge in [-0.3, -0.25) is 9.88 Å². The maximum Gasteiger partial charge on any atom is 0.0364 e. The molecule has 3 rings (SSSR count). The molecule has 0 spiro atoms. The first-order valence-electron chi connectivity index (χ1n) is 7.80. The van der Waals surface area contributed by atoms with Gasteiger partial charge in [-0.15, -0.1) is 0 Å². The molecule has 0 N–H and O–H groups in total. The Morgan fingerprint density at radius 1 is 1.05 bits per heavy atom. The largest absolute Gasteiger partial charge is 0.302 e. The predicted molar refractivity (Wildman–Crippen MR) is 78.1 cm³/mol. The minimum atomic E-state index is 0.610. The van der Waals surface area contributed by atoms with Gasteiger partial charge in [-0.1, -0.05) is 12.5 Å². The SMILES string of the molecule is c1cncc([C@@H]2CCCN2CCN2CCCCC2)c1. The summed E-state index contributed by atoms with van der Waals surface area (Å²) < 4.78 is 0. The van der Waals surface area contributed by atoms with E-state index in [9.17, 15) is 0 Å². The number of hydrogen-bond donors (Lipinski definition) is 0. The summed E-state index contributed by atoms with van der Waals surface area (Å²) in [5.74, 6) is 0. The third-order valence-electron chi connectivity index (χ3n) is 4.58. The van der Waals surface area contributed by atoms with Crippen molar-refractivity contribution < 1.29 is 0 Å². The summed E-state index contributed by atoms with van der Waals surface area (Å²) in [6.07, 6.45) is 10.8. The van der Waals surface area contributed by atoms with Crippen molar-refractivity contribution in [3.63, 3.8) is 0 Å². The highest BCUT2D eigenvalue weighted by Crippen LogP contribution is 2.30. The van der Waals surface area contributed by atoms with Gasteiger partial charge in [0.1, 0.15) is 0 Å². The minimum absolute atomic E-state index is 0.610. The van der Waals surface area contributed by atoms with E-state index >= 15 is 0 Å². The Balaban J connectivity index is 1.54. The molecule has 2 fully saturated rings. The van der Waals surface area contributed by atoms with Crippen LogP contribution in [-0.2, 0) is 0 Å². The number of hydrogen-bond acceptors (Lipinski definition) is 3. The lowest BCUT2D eigenvalue weighted by Gasteiger charge is -2.30. The van der Waals surface area contributed by atoms with Gasteiger partial charge >= 0.3 is 0 Å². The lowest BCUT2D eigenvalue weighted by atomic mass is 10.1. The zero-order valence-corrected chi connectivity index (χ0v) is 11.8. The van der Waals surface area contributed by atoms with Crippen molar-refractivity contribution in [1.29, 1.82) is 0 Å². The molecule has 2 aliphatic heterocycles. The van der Waals surface area contributed by atoms with Crippen LogP contribution >= 0.6 is 0 Å². The molecular weight excluding hydrogens is 234 g/mol. The van der Waals surface area contributed by atoms with Gasteiger partial charge in [-0.25, -0.2) is 0 Å². The van der Waals surface area contributed by atoms with Crippen molar-refractivity contribution in [2.45, 2.75) is 38.1 Å². The molecule has 2 aliphatic rings. The molecule has 0 saturated carbocycles. The number of pyridine rings is 1. The summed E-state index contributed by atoms with van der Waals surface area (Å²) in [4.78, 5) is 9.58. The summed E-state index contributed by atoms with van der Waals surface area (Å²) in [7, 11) is 0. The summed E-state index contributed by atoms with van der Waals surface area (Å²) in [5, 5.41) is 0. The topological polar surface area (TPSA) is 19.4 Å². The van der Waals surface area contributed by atoms with Crippen LogP contribution in [0.3, 0.4) is 0 Å². The molecule has 19 heavy (non-hydrogen) atoms. The summed E-state index contributed by atoms with van der Waals surface area (Å²) in [5.41, 5.74) is 1.40. The molecule has 3 heteroatoms. The van der Waals surface area contributed by atoms with Gasteiger partial charge in [0.15, 0.2) is 0 Å². The van der Waals surface area contributed by atoms with Crippen LogP contribution < -0.4 is 0 Å². The number of rotatable bonds is 4. The molecule has 0 bridgehead atoms. The fourth-order valence-electron chi connectivity index (χ4n) is 3.50. The second-order valence-corrected chi connectivity index (χ2v) is 5.88. The Hall–Kier alpha value is -0.930. The van der Waals surface area contributed by atoms with E-state index in [0.29, 0.717) is 6.04 Å². The fraction of sp³-hybridized carbons (Fsp3) is 0.688. The van der Waals surface area contributed by atoms with Crippen LogP contribution in [0.1, 0.15) is 43.7 Å². The fourth-order valence-corrected chi connectivity index (χ4v) is 3.50. The normalized spacial score (nSPS) is 25.8. The number of aromatic nitrogens is 1. The minimum Gasteiger partial charge on any atom is -0.302 e. The van der Waals surface area contributed by atoms with Gasteiger partial charge in [0.25, 0.3) is 0 Å². The molecule has 2 saturated heterocycles. The molecule has 0 radical (unpaired) electrons. The Bertz CT molecular complexity index is 373. The quantitative estimate of drug-likeness (QED) is 0.829. The molecule has 0 unspecified atom stereocenters. The lowest BCUT2D eigenvalue weighted by molar-refractivity contribution is 0.174. The molecule has 0 aliphatic carbocycles. The molecule has 0 amide bonds. The molecule has 0 aromatic carbocycles. The first-order chi connectivity index (χ1) is 9.43. The van der Waals surface area contributed by atoms with E-state index in [0.717, 1.165) is 0 Å². The van der Waals surface area contributed by atoms with Crippen molar-refractivity contribution in [2.24, 2.45) is 0 Å². The molecule has 3 nitrogen and oxygen atoms in total. The van der Waals surface area contributed by atoms with E-state index in [1.54, 1.807) is 0 Å². The average Bonchev–Trinajstić information content (AvgIpc) is 2.95. The van der Waals surface area contributed by atoms with E-state index in [4.69, 9.17) is 0 Å². The van der Waals surface area contributed by atoms with Crippen LogP contribution in [-0.4, -0.2) is 47.5 Å². The Kier molecular flexibility index (Phi) is 4.46. The second kappa shape index (κ2) is 6.49. The van der Waals surface area contributed by atoms with Gasteiger partial charge in [-0.2, -0.15) is 0 Å². The molecule has 1 atom stereocenters. The van der Waals surface area contributed by atoms with Crippen LogP contribution in [0.5, 0.6) is 0 Å². The van der Waals surface area contributed by atoms with Gasteiger partial charge in [-0.05, 0) is 56.9 Å². The lowest BCUT2D eigenvalue weighted by Crippen LogP contribution is -2.37. The summed E-state index contributed by atoms with van der Waals surface area (Å²) in [6.45, 7) is 6.35. The maximum absolute atomic E-state index is 4.28. The van der Waals surface area contributed by atoms with Crippen LogP contribution in [0.15, 0.2) is 24.5 Å². The van der Waals surface area contributed by atoms with E-state index in [-0.39, 0.29) is 0 Å². The predicted octanol–water partition coefficient (Wildman–Crippen LogP) is 2.70. The Morgan fingerprint density at radius 3 is 2.74 bits per heavy atom. The smallest absolute Gasteiger partial charge is 0.0364 e. The molecular formula is C16H25N3. The third-order valence-corrected chi connectivity index (χ3v) is 4.58. The van der Waals surface area contributed by atoms with Crippen molar-refractivity contribution in [3.05, 3.63) is 30.1 Å². The number of piperidine rings is 1. The molecule has 3 heterocycles. The first-order valence-corrected chi connectivity index (χ1v) is 7.80. The van der Waals surface area contributed by atoms with Crippen molar-refractivity contribution >= 4 is 0 Å². The highest BCUT2D eigenvalue weighted by molar-refractivity contribution is 5.15. The maximum atomic E-state index is 4.28. The third kappa shape index (κ3) is 3.34. The van der Waals surface area contributed by atoms with Gasteiger partial charge in [0, 0.05) is 31.5 Å². The summed E-state index contributed by atoms with van der Waals surface area (Å²) in [6, 6.07) is 4.91. The van der Waals surface area contributed by atoms with E-state index in [1.165, 1.54) is 70.4 Å².